The van der Waals surface area contributed by atoms with Gasteiger partial charge in [0.2, 0.25) is 5.91 Å². The van der Waals surface area contributed by atoms with Gasteiger partial charge in [-0.15, -0.1) is 0 Å². The lowest BCUT2D eigenvalue weighted by atomic mass is 9.96. The molecule has 0 bridgehead atoms. The number of nitrogens with zero attached hydrogens (tertiary/aromatic N) is 1. The first kappa shape index (κ1) is 15.2. The molecule has 0 heterocycles. The Kier molecular flexibility index (Phi) is 5.53. The van der Waals surface area contributed by atoms with Crippen molar-refractivity contribution in [2.75, 3.05) is 6.54 Å². The van der Waals surface area contributed by atoms with E-state index >= 15 is 0 Å². The fourth-order valence-corrected chi connectivity index (χ4v) is 1.58. The van der Waals surface area contributed by atoms with Crippen molar-refractivity contribution in [1.82, 2.24) is 5.32 Å². The van der Waals surface area contributed by atoms with E-state index in [0.717, 1.165) is 6.42 Å². The maximum absolute atomic E-state index is 11.8. The molecule has 1 aromatic rings. The number of rotatable bonds is 6. The summed E-state index contributed by atoms with van der Waals surface area (Å²) in [6, 6.07) is 11.5. The van der Waals surface area contributed by atoms with Gasteiger partial charge in [0.15, 0.2) is 0 Å². The van der Waals surface area contributed by atoms with Crippen LogP contribution < -0.4 is 11.1 Å². The van der Waals surface area contributed by atoms with Crippen molar-refractivity contribution in [3.8, 4) is 6.07 Å². The van der Waals surface area contributed by atoms with E-state index in [-0.39, 0.29) is 5.91 Å². The average molecular weight is 259 g/mol. The lowest BCUT2D eigenvalue weighted by Gasteiger charge is -2.18. The van der Waals surface area contributed by atoms with Gasteiger partial charge in [0.25, 0.3) is 0 Å². The topological polar surface area (TPSA) is 78.9 Å². The van der Waals surface area contributed by atoms with Crippen LogP contribution in [-0.4, -0.2) is 18.5 Å². The van der Waals surface area contributed by atoms with Crippen LogP contribution in [0.3, 0.4) is 0 Å². The van der Waals surface area contributed by atoms with Crippen LogP contribution in [0.4, 0.5) is 0 Å². The van der Waals surface area contributed by atoms with Crippen molar-refractivity contribution in [1.29, 1.82) is 5.26 Å². The van der Waals surface area contributed by atoms with Gasteiger partial charge in [-0.3, -0.25) is 4.79 Å². The van der Waals surface area contributed by atoms with E-state index in [2.05, 4.69) is 11.4 Å². The molecule has 0 aromatic heterocycles. The van der Waals surface area contributed by atoms with Gasteiger partial charge in [0.1, 0.15) is 0 Å². The molecule has 0 spiro atoms. The molecule has 1 amide bonds. The van der Waals surface area contributed by atoms with Crippen molar-refractivity contribution in [2.24, 2.45) is 11.1 Å². The van der Waals surface area contributed by atoms with Crippen molar-refractivity contribution in [3.63, 3.8) is 0 Å². The minimum Gasteiger partial charge on any atom is -0.353 e. The molecular formula is C15H21N3O. The Morgan fingerprint density at radius 1 is 1.42 bits per heavy atom. The lowest BCUT2D eigenvalue weighted by Crippen LogP contribution is -2.44. The smallest absolute Gasteiger partial charge is 0.236 e. The Bertz CT molecular complexity index is 448. The Hall–Kier alpha value is -1.86. The zero-order valence-corrected chi connectivity index (χ0v) is 11.5. The number of amides is 1. The van der Waals surface area contributed by atoms with E-state index < -0.39 is 11.5 Å². The highest BCUT2D eigenvalue weighted by molar-refractivity contribution is 5.81. The molecule has 1 aromatic carbocycles. The van der Waals surface area contributed by atoms with Crippen molar-refractivity contribution >= 4 is 5.91 Å². The van der Waals surface area contributed by atoms with Crippen molar-refractivity contribution < 1.29 is 4.79 Å². The van der Waals surface area contributed by atoms with Gasteiger partial charge >= 0.3 is 0 Å². The first-order valence-electron chi connectivity index (χ1n) is 6.43. The largest absolute Gasteiger partial charge is 0.353 e. The van der Waals surface area contributed by atoms with Crippen LogP contribution in [0.15, 0.2) is 30.3 Å². The summed E-state index contributed by atoms with van der Waals surface area (Å²) in [7, 11) is 0. The zero-order valence-electron chi connectivity index (χ0n) is 11.5. The number of nitrogens with two attached hydrogens (primary N) is 1. The average Bonchev–Trinajstić information content (AvgIpc) is 2.43. The van der Waals surface area contributed by atoms with Gasteiger partial charge in [0, 0.05) is 6.54 Å². The first-order chi connectivity index (χ1) is 8.94. The van der Waals surface area contributed by atoms with Crippen LogP contribution in [0.25, 0.3) is 0 Å². The molecule has 0 aliphatic heterocycles. The Morgan fingerprint density at radius 2 is 2.05 bits per heavy atom. The van der Waals surface area contributed by atoms with Gasteiger partial charge in [-0.2, -0.15) is 5.26 Å². The third-order valence-corrected chi connectivity index (χ3v) is 2.93. The third-order valence-electron chi connectivity index (χ3n) is 2.93. The normalized spacial score (nSPS) is 12.5. The van der Waals surface area contributed by atoms with Crippen LogP contribution in [0.5, 0.6) is 0 Å². The molecule has 1 unspecified atom stereocenters. The summed E-state index contributed by atoms with van der Waals surface area (Å²) < 4.78 is 0. The molecular weight excluding hydrogens is 238 g/mol. The molecule has 19 heavy (non-hydrogen) atoms. The standard InChI is InChI=1S/C15H21N3O/c1-15(2,10-16)11-18-14(19)13(17)9-8-12-6-4-3-5-7-12/h3-7,13H,8-9,11,17H2,1-2H3,(H,18,19). The Labute approximate surface area is 114 Å². The summed E-state index contributed by atoms with van der Waals surface area (Å²) in [5, 5.41) is 11.6. The van der Waals surface area contributed by atoms with E-state index in [0.29, 0.717) is 13.0 Å². The molecule has 0 saturated heterocycles. The van der Waals surface area contributed by atoms with E-state index in [9.17, 15) is 4.79 Å². The summed E-state index contributed by atoms with van der Waals surface area (Å²) in [5.41, 5.74) is 6.45. The highest BCUT2D eigenvalue weighted by Gasteiger charge is 2.20. The highest BCUT2D eigenvalue weighted by atomic mass is 16.2. The number of aryl methyl sites for hydroxylation is 1. The molecule has 4 heteroatoms. The predicted octanol–water partition coefficient (Wildman–Crippen LogP) is 1.61. The molecule has 3 N–H and O–H groups in total. The van der Waals surface area contributed by atoms with Crippen molar-refractivity contribution in [3.05, 3.63) is 35.9 Å². The van der Waals surface area contributed by atoms with Gasteiger partial charge in [0.05, 0.1) is 17.5 Å². The summed E-state index contributed by atoms with van der Waals surface area (Å²) in [6.45, 7) is 3.88. The number of carbonyl (C=O) groups is 1. The number of hydrogen-bond donors (Lipinski definition) is 2. The van der Waals surface area contributed by atoms with Gasteiger partial charge in [-0.1, -0.05) is 30.3 Å². The highest BCUT2D eigenvalue weighted by Crippen LogP contribution is 2.11. The van der Waals surface area contributed by atoms with Crippen molar-refractivity contribution in [2.45, 2.75) is 32.7 Å². The van der Waals surface area contributed by atoms with E-state index in [1.807, 2.05) is 30.3 Å². The van der Waals surface area contributed by atoms with Crippen LogP contribution in [0.1, 0.15) is 25.8 Å². The molecule has 1 rings (SSSR count). The molecule has 0 saturated carbocycles. The molecule has 0 fully saturated rings. The summed E-state index contributed by atoms with van der Waals surface area (Å²) >= 11 is 0. The number of nitrogens with one attached hydrogen (secondary N) is 1. The number of hydrogen-bond acceptors (Lipinski definition) is 3. The van der Waals surface area contributed by atoms with E-state index in [1.54, 1.807) is 13.8 Å². The van der Waals surface area contributed by atoms with Crippen LogP contribution in [0, 0.1) is 16.7 Å². The maximum atomic E-state index is 11.8. The van der Waals surface area contributed by atoms with Crippen LogP contribution in [0.2, 0.25) is 0 Å². The minimum absolute atomic E-state index is 0.195. The fraction of sp³-hybridized carbons (Fsp3) is 0.467. The first-order valence-corrected chi connectivity index (χ1v) is 6.43. The maximum Gasteiger partial charge on any atom is 0.236 e. The number of carbonyl (C=O) groups excluding carboxylic acids is 1. The fourth-order valence-electron chi connectivity index (χ4n) is 1.58. The lowest BCUT2D eigenvalue weighted by molar-refractivity contribution is -0.122. The molecule has 0 radical (unpaired) electrons. The summed E-state index contributed by atoms with van der Waals surface area (Å²) in [4.78, 5) is 11.8. The molecule has 1 atom stereocenters. The predicted molar refractivity (Wildman–Crippen MR) is 75.1 cm³/mol. The van der Waals surface area contributed by atoms with Gasteiger partial charge in [-0.25, -0.2) is 0 Å². The van der Waals surface area contributed by atoms with E-state index in [1.165, 1.54) is 5.56 Å². The number of benzene rings is 1. The van der Waals surface area contributed by atoms with Gasteiger partial charge < -0.3 is 11.1 Å². The minimum atomic E-state index is -0.561. The quantitative estimate of drug-likeness (QED) is 0.814. The van der Waals surface area contributed by atoms with Crippen LogP contribution in [-0.2, 0) is 11.2 Å². The molecule has 0 aliphatic carbocycles. The second kappa shape index (κ2) is 6.91. The molecule has 0 aliphatic rings. The number of nitriles is 1. The molecule has 102 valence electrons. The zero-order chi connectivity index (χ0) is 14.3. The van der Waals surface area contributed by atoms with E-state index in [4.69, 9.17) is 11.0 Å². The third kappa shape index (κ3) is 5.54. The van der Waals surface area contributed by atoms with Gasteiger partial charge in [-0.05, 0) is 32.3 Å². The monoisotopic (exact) mass is 259 g/mol. The molecule has 4 nitrogen and oxygen atoms in total. The Morgan fingerprint density at radius 3 is 2.63 bits per heavy atom. The SMILES string of the molecule is CC(C)(C#N)CNC(=O)C(N)CCc1ccccc1. The summed E-state index contributed by atoms with van der Waals surface area (Å²) in [6.07, 6.45) is 1.37. The second-order valence-electron chi connectivity index (χ2n) is 5.34. The summed E-state index contributed by atoms with van der Waals surface area (Å²) in [5.74, 6) is -0.195. The van der Waals surface area contributed by atoms with Crippen LogP contribution >= 0.6 is 0 Å². The Balaban J connectivity index is 2.36. The second-order valence-corrected chi connectivity index (χ2v) is 5.34.